The number of hydrogen-bond donors (Lipinski definition) is 0. The summed E-state index contributed by atoms with van der Waals surface area (Å²) in [5.74, 6) is 1.30. The monoisotopic (exact) mass is 2290 g/mol. The number of rotatable bonds is 15. The fraction of sp³-hybridized carbons (Fsp3) is 0.0893. The van der Waals surface area contributed by atoms with Gasteiger partial charge in [0.05, 0.1) is 0 Å². The Hall–Kier alpha value is -11.9. The van der Waals surface area contributed by atoms with E-state index in [0.717, 1.165) is 91.5 Å². The maximum absolute atomic E-state index is 4.52. The number of aryl methyl sites for hydroxylation is 2. The molecule has 0 aliphatic heterocycles. The van der Waals surface area contributed by atoms with Crippen LogP contribution in [-0.2, 0) is 93.3 Å². The largest absolute Gasteiger partial charge is 3.00 e. The molecule has 0 unspecified atom stereocenters. The molecule has 3 radical (unpaired) electrons. The van der Waals surface area contributed by atoms with E-state index in [-0.39, 0.29) is 80.4 Å². The van der Waals surface area contributed by atoms with Crippen LogP contribution in [0.4, 0.5) is 0 Å². The molecular weight excluding hydrogens is 2200 g/mol. The van der Waals surface area contributed by atoms with Gasteiger partial charge in [0.2, 0.25) is 0 Å². The minimum atomic E-state index is 0. The first kappa shape index (κ1) is 95.6. The summed E-state index contributed by atoms with van der Waals surface area (Å²) in [5.41, 5.74) is 29.0. The van der Waals surface area contributed by atoms with E-state index in [1.807, 2.05) is 214 Å². The van der Waals surface area contributed by atoms with Crippen LogP contribution in [0.25, 0.3) is 123 Å². The third-order valence-corrected chi connectivity index (χ3v) is 18.5. The van der Waals surface area contributed by atoms with E-state index in [2.05, 4.69) is 301 Å². The molecule has 18 rings (SSSR count). The first-order chi connectivity index (χ1) is 58.0. The van der Waals surface area contributed by atoms with Gasteiger partial charge in [-0.05, 0) is 124 Å². The Morgan fingerprint density at radius 1 is 0.213 bits per heavy atom. The Morgan fingerprint density at radius 2 is 0.500 bits per heavy atom. The number of pyridine rings is 6. The van der Waals surface area contributed by atoms with Gasteiger partial charge in [0.1, 0.15) is 0 Å². The van der Waals surface area contributed by atoms with Gasteiger partial charge in [-0.3, -0.25) is 0 Å². The molecule has 6 nitrogen and oxygen atoms in total. The normalized spacial score (nSPS) is 10.0. The van der Waals surface area contributed by atoms with Crippen LogP contribution < -0.4 is 0 Å². The van der Waals surface area contributed by atoms with Gasteiger partial charge in [0, 0.05) is 97.5 Å². The average molecular weight is 2290 g/mol. The minimum absolute atomic E-state index is 0. The van der Waals surface area contributed by atoms with Crippen molar-refractivity contribution in [3.05, 3.63) is 484 Å². The van der Waals surface area contributed by atoms with Gasteiger partial charge in [-0.2, -0.15) is 36.4 Å². The van der Waals surface area contributed by atoms with Crippen LogP contribution in [0, 0.1) is 74.2 Å². The number of benzene rings is 12. The maximum Gasteiger partial charge on any atom is 3.00 e. The predicted octanol–water partition coefficient (Wildman–Crippen LogP) is 27.9. The molecule has 0 saturated heterocycles. The quantitative estimate of drug-likeness (QED) is 0.0952. The van der Waals surface area contributed by atoms with Crippen molar-refractivity contribution < 1.29 is 80.4 Å². The Bertz CT molecular complexity index is 5500. The zero-order valence-corrected chi connectivity index (χ0v) is 78.4. The van der Waals surface area contributed by atoms with Gasteiger partial charge in [-0.25, -0.2) is 11.1 Å². The van der Waals surface area contributed by atoms with Crippen molar-refractivity contribution in [2.45, 2.75) is 54.4 Å². The standard InChI is InChI=1S/2C21H20N.C19H14.C18H14N.3C11H8N.4Ir/c2*1-16(2)13-17-11-12-22-21(14-17)20-10-6-9-19(15-20)18-7-4-3-5-8-18;1-15-7-5-10-17(13-15)19-12-6-11-18(14-19)16-8-3-2-4-9-16;1-14-10-11-18(19-13-14)17-9-5-8-16(12-17)15-6-3-2-4-7-15;3*1-2-6-10(7-3-1)11-8-4-5-9-12-11;;;;/h2*3-9,11-12,14-16H,13H2,1-2H3;2-9,11,13-14H,1H3;2-8,10-13H,1H3;3*1-6,8-9H;;;;/q2*-1;-2;4*-1;;;;+3. The van der Waals surface area contributed by atoms with Crippen LogP contribution in [-0.4, -0.2) is 29.9 Å². The van der Waals surface area contributed by atoms with Gasteiger partial charge in [-0.1, -0.05) is 228 Å². The van der Waals surface area contributed by atoms with E-state index >= 15 is 0 Å². The Kier molecular flexibility index (Phi) is 41.0. The number of aromatic nitrogens is 6. The molecule has 0 spiro atoms. The molecule has 0 fully saturated rings. The summed E-state index contributed by atoms with van der Waals surface area (Å²) in [7, 11) is 0. The second kappa shape index (κ2) is 52.3. The van der Waals surface area contributed by atoms with Gasteiger partial charge >= 0.3 is 20.1 Å². The van der Waals surface area contributed by atoms with Gasteiger partial charge in [0.15, 0.2) is 0 Å². The van der Waals surface area contributed by atoms with Crippen LogP contribution in [0.2, 0.25) is 0 Å². The second-order valence-electron chi connectivity index (χ2n) is 28.7. The molecule has 0 bridgehead atoms. The van der Waals surface area contributed by atoms with Crippen LogP contribution in [0.3, 0.4) is 0 Å². The topological polar surface area (TPSA) is 77.3 Å². The van der Waals surface area contributed by atoms with E-state index in [1.165, 1.54) is 66.8 Å². The fourth-order valence-corrected chi connectivity index (χ4v) is 12.7. The number of nitrogens with zero attached hydrogens (tertiary/aromatic N) is 6. The molecule has 0 amide bonds. The average Bonchev–Trinajstić information content (AvgIpc) is 1.73. The maximum atomic E-state index is 4.52. The van der Waals surface area contributed by atoms with E-state index in [0.29, 0.717) is 11.8 Å². The van der Waals surface area contributed by atoms with E-state index in [1.54, 1.807) is 18.6 Å². The van der Waals surface area contributed by atoms with Crippen LogP contribution in [0.1, 0.15) is 49.9 Å². The van der Waals surface area contributed by atoms with Crippen molar-refractivity contribution >= 4 is 0 Å². The summed E-state index contributed by atoms with van der Waals surface area (Å²) in [4.78, 5) is 26.1. The van der Waals surface area contributed by atoms with Crippen molar-refractivity contribution in [1.29, 1.82) is 0 Å². The SMILES string of the molecule is CC(C)Cc1ccnc(-c2[c-]ccc(-c3ccccc3)c2)c1.CC(C)Cc1ccnc(-c2[c-]ccc(-c3ccccc3)c2)c1.Cc1cc[c-]c(-c2[c-]ccc(-c3ccccc3)c2)c1.Cc1ccc(-c2[c-]ccc(-c3ccccc3)c2)nc1.[Ir+3].[Ir].[Ir].[Ir].[c-]1ccccc1-c1ccccn1.[c-]1ccccc1-c1ccccn1.[c-]1ccccc1-c1ccccn1. The first-order valence-corrected chi connectivity index (χ1v) is 39.8. The Labute approximate surface area is 776 Å². The molecule has 0 N–H and O–H groups in total. The van der Waals surface area contributed by atoms with Crippen molar-refractivity contribution in [3.8, 4) is 123 Å². The zero-order chi connectivity index (χ0) is 81.6. The van der Waals surface area contributed by atoms with Crippen molar-refractivity contribution in [1.82, 2.24) is 29.9 Å². The molecule has 0 atom stereocenters. The van der Waals surface area contributed by atoms with Crippen LogP contribution in [0.5, 0.6) is 0 Å². The van der Waals surface area contributed by atoms with E-state index in [9.17, 15) is 0 Å². The van der Waals surface area contributed by atoms with Crippen molar-refractivity contribution in [3.63, 3.8) is 0 Å². The van der Waals surface area contributed by atoms with Crippen molar-refractivity contribution in [2.75, 3.05) is 0 Å². The molecule has 0 aliphatic carbocycles. The molecule has 0 saturated carbocycles. The van der Waals surface area contributed by atoms with Crippen molar-refractivity contribution in [2.24, 2.45) is 11.8 Å². The summed E-state index contributed by atoms with van der Waals surface area (Å²) in [5, 5.41) is 0. The van der Waals surface area contributed by atoms with E-state index in [4.69, 9.17) is 0 Å². The molecule has 18 aromatic rings. The summed E-state index contributed by atoms with van der Waals surface area (Å²) >= 11 is 0. The summed E-state index contributed by atoms with van der Waals surface area (Å²) in [6.07, 6.45) is 13.2. The first-order valence-electron chi connectivity index (χ1n) is 39.8. The third-order valence-electron chi connectivity index (χ3n) is 18.5. The predicted molar refractivity (Wildman–Crippen MR) is 489 cm³/mol. The van der Waals surface area contributed by atoms with Crippen LogP contribution in [0.15, 0.2) is 413 Å². The summed E-state index contributed by atoms with van der Waals surface area (Å²) < 4.78 is 0. The second-order valence-corrected chi connectivity index (χ2v) is 28.7. The van der Waals surface area contributed by atoms with Gasteiger partial charge in [0.25, 0.3) is 0 Å². The van der Waals surface area contributed by atoms with E-state index < -0.39 is 0 Å². The van der Waals surface area contributed by atoms with Gasteiger partial charge in [-0.15, -0.1) is 237 Å². The Balaban J connectivity index is 0.000000178. The fourth-order valence-electron chi connectivity index (χ4n) is 12.7. The summed E-state index contributed by atoms with van der Waals surface area (Å²) in [6, 6.07) is 152. The molecule has 122 heavy (non-hydrogen) atoms. The number of hydrogen-bond acceptors (Lipinski definition) is 6. The third kappa shape index (κ3) is 31.0. The molecule has 611 valence electrons. The molecular formula is C112H92Ir4N6-5. The zero-order valence-electron chi connectivity index (χ0n) is 68.8. The molecule has 0 aliphatic rings. The minimum Gasteiger partial charge on any atom is -0.305 e. The smallest absolute Gasteiger partial charge is 0.305 e. The molecule has 12 aromatic carbocycles. The van der Waals surface area contributed by atoms with Crippen LogP contribution >= 0.6 is 0 Å². The van der Waals surface area contributed by atoms with Gasteiger partial charge < -0.3 is 29.9 Å². The molecule has 6 heterocycles. The molecule has 6 aromatic heterocycles. The Morgan fingerprint density at radius 3 is 0.803 bits per heavy atom. The summed E-state index contributed by atoms with van der Waals surface area (Å²) in [6.45, 7) is 13.1. The molecule has 10 heteroatoms.